The number of nitrogens with one attached hydrogen (secondary N) is 2. The second-order valence-electron chi connectivity index (χ2n) is 4.51. The maximum Gasteiger partial charge on any atom is 0.232 e. The van der Waals surface area contributed by atoms with Crippen molar-refractivity contribution in [1.82, 2.24) is 10.6 Å². The molecule has 0 rings (SSSR count). The van der Waals surface area contributed by atoms with E-state index >= 15 is 0 Å². The Labute approximate surface area is 114 Å². The van der Waals surface area contributed by atoms with Gasteiger partial charge >= 0.3 is 0 Å². The Kier molecular flexibility index (Phi) is 10.3. The molecule has 0 aliphatic rings. The first-order chi connectivity index (χ1) is 8.60. The number of carbonyl (C=O) groups is 1. The van der Waals surface area contributed by atoms with Crippen molar-refractivity contribution < 1.29 is 9.00 Å². The van der Waals surface area contributed by atoms with Gasteiger partial charge in [-0.05, 0) is 26.3 Å². The lowest BCUT2D eigenvalue weighted by Gasteiger charge is -2.24. The molecule has 3 atom stereocenters. The van der Waals surface area contributed by atoms with Crippen LogP contribution in [-0.4, -0.2) is 40.8 Å². The smallest absolute Gasteiger partial charge is 0.232 e. The topological polar surface area (TPSA) is 58.2 Å². The van der Waals surface area contributed by atoms with E-state index in [9.17, 15) is 9.00 Å². The first-order valence-corrected chi connectivity index (χ1v) is 8.29. The van der Waals surface area contributed by atoms with Crippen molar-refractivity contribution in [1.29, 1.82) is 0 Å². The van der Waals surface area contributed by atoms with Crippen LogP contribution in [0.15, 0.2) is 0 Å². The molecule has 0 aromatic heterocycles. The first-order valence-electron chi connectivity index (χ1n) is 6.91. The van der Waals surface area contributed by atoms with Gasteiger partial charge in [-0.1, -0.05) is 27.2 Å². The minimum Gasteiger partial charge on any atom is -0.355 e. The van der Waals surface area contributed by atoms with Crippen LogP contribution in [-0.2, 0) is 15.6 Å². The lowest BCUT2D eigenvalue weighted by molar-refractivity contribution is -0.118. The molecule has 0 aromatic rings. The highest BCUT2D eigenvalue weighted by Gasteiger charge is 2.25. The highest BCUT2D eigenvalue weighted by Crippen LogP contribution is 2.12. The fourth-order valence-electron chi connectivity index (χ4n) is 2.03. The SMILES string of the molecule is CCCNC(=O)CS(=O)C(CC)C(CCC)NC. The van der Waals surface area contributed by atoms with Gasteiger partial charge in [0, 0.05) is 23.4 Å². The molecule has 0 fully saturated rings. The van der Waals surface area contributed by atoms with Gasteiger partial charge in [0.15, 0.2) is 0 Å². The Bertz CT molecular complexity index is 259. The van der Waals surface area contributed by atoms with Gasteiger partial charge in [0.25, 0.3) is 0 Å². The van der Waals surface area contributed by atoms with Gasteiger partial charge in [-0.2, -0.15) is 0 Å². The minimum atomic E-state index is -1.10. The van der Waals surface area contributed by atoms with E-state index in [2.05, 4.69) is 17.6 Å². The van der Waals surface area contributed by atoms with Gasteiger partial charge in [-0.3, -0.25) is 9.00 Å². The van der Waals surface area contributed by atoms with Crippen LogP contribution in [0.5, 0.6) is 0 Å². The van der Waals surface area contributed by atoms with Crippen molar-refractivity contribution in [3.8, 4) is 0 Å². The molecule has 0 heterocycles. The second-order valence-corrected chi connectivity index (χ2v) is 6.16. The summed E-state index contributed by atoms with van der Waals surface area (Å²) in [4.78, 5) is 11.6. The summed E-state index contributed by atoms with van der Waals surface area (Å²) in [6, 6.07) is 0.236. The molecule has 3 unspecified atom stereocenters. The summed E-state index contributed by atoms with van der Waals surface area (Å²) in [6.45, 7) is 6.82. The summed E-state index contributed by atoms with van der Waals surface area (Å²) in [7, 11) is 0.803. The maximum absolute atomic E-state index is 12.2. The van der Waals surface area contributed by atoms with E-state index in [1.54, 1.807) is 0 Å². The van der Waals surface area contributed by atoms with E-state index in [1.165, 1.54) is 0 Å². The molecule has 0 bridgehead atoms. The monoisotopic (exact) mass is 276 g/mol. The Hall–Kier alpha value is -0.420. The summed E-state index contributed by atoms with van der Waals surface area (Å²) in [6.07, 6.45) is 3.79. The van der Waals surface area contributed by atoms with E-state index in [-0.39, 0.29) is 23.0 Å². The molecular weight excluding hydrogens is 248 g/mol. The van der Waals surface area contributed by atoms with Crippen molar-refractivity contribution in [2.45, 2.75) is 57.7 Å². The second kappa shape index (κ2) is 10.5. The van der Waals surface area contributed by atoms with E-state index in [0.717, 1.165) is 25.7 Å². The average Bonchev–Trinajstić information content (AvgIpc) is 2.36. The van der Waals surface area contributed by atoms with Crippen LogP contribution in [0.1, 0.15) is 46.5 Å². The van der Waals surface area contributed by atoms with Crippen LogP contribution >= 0.6 is 0 Å². The van der Waals surface area contributed by atoms with Crippen molar-refractivity contribution in [2.24, 2.45) is 0 Å². The summed E-state index contributed by atoms with van der Waals surface area (Å²) >= 11 is 0. The molecule has 0 spiro atoms. The summed E-state index contributed by atoms with van der Waals surface area (Å²) in [5.41, 5.74) is 0. The van der Waals surface area contributed by atoms with Gasteiger partial charge in [0.1, 0.15) is 5.75 Å². The predicted octanol–water partition coefficient (Wildman–Crippen LogP) is 1.43. The third-order valence-electron chi connectivity index (χ3n) is 3.00. The normalized spacial score (nSPS) is 16.0. The number of amides is 1. The van der Waals surface area contributed by atoms with Crippen LogP contribution in [0.25, 0.3) is 0 Å². The van der Waals surface area contributed by atoms with Crippen molar-refractivity contribution >= 4 is 16.7 Å². The Morgan fingerprint density at radius 1 is 1.22 bits per heavy atom. The average molecular weight is 276 g/mol. The van der Waals surface area contributed by atoms with E-state index in [0.29, 0.717) is 6.54 Å². The van der Waals surface area contributed by atoms with Crippen LogP contribution < -0.4 is 10.6 Å². The van der Waals surface area contributed by atoms with Crippen LogP contribution in [0.4, 0.5) is 0 Å². The lowest BCUT2D eigenvalue weighted by Crippen LogP contribution is -2.42. The zero-order valence-electron chi connectivity index (χ0n) is 12.1. The molecule has 1 amide bonds. The molecule has 0 saturated heterocycles. The first kappa shape index (κ1) is 17.6. The third-order valence-corrected chi connectivity index (χ3v) is 4.89. The van der Waals surface area contributed by atoms with Gasteiger partial charge in [0.05, 0.1) is 5.25 Å². The molecule has 2 N–H and O–H groups in total. The van der Waals surface area contributed by atoms with Crippen molar-refractivity contribution in [3.05, 3.63) is 0 Å². The zero-order valence-corrected chi connectivity index (χ0v) is 12.9. The molecule has 4 nitrogen and oxygen atoms in total. The highest BCUT2D eigenvalue weighted by molar-refractivity contribution is 7.86. The van der Waals surface area contributed by atoms with Crippen molar-refractivity contribution in [2.75, 3.05) is 19.3 Å². The number of hydrogen-bond donors (Lipinski definition) is 2. The Morgan fingerprint density at radius 3 is 2.33 bits per heavy atom. The molecular formula is C13H28N2O2S. The highest BCUT2D eigenvalue weighted by atomic mass is 32.2. The molecule has 0 aliphatic carbocycles. The molecule has 0 saturated carbocycles. The maximum atomic E-state index is 12.2. The van der Waals surface area contributed by atoms with E-state index in [1.807, 2.05) is 20.9 Å². The fraction of sp³-hybridized carbons (Fsp3) is 0.923. The lowest BCUT2D eigenvalue weighted by atomic mass is 10.1. The van der Waals surface area contributed by atoms with Gasteiger partial charge in [0.2, 0.25) is 5.91 Å². The van der Waals surface area contributed by atoms with Gasteiger partial charge < -0.3 is 10.6 Å². The Morgan fingerprint density at radius 2 is 1.89 bits per heavy atom. The summed E-state index contributed by atoms with van der Waals surface area (Å²) < 4.78 is 12.2. The number of hydrogen-bond acceptors (Lipinski definition) is 3. The predicted molar refractivity (Wildman–Crippen MR) is 78.1 cm³/mol. The van der Waals surface area contributed by atoms with Crippen LogP contribution in [0, 0.1) is 0 Å². The minimum absolute atomic E-state index is 0.0577. The molecule has 18 heavy (non-hydrogen) atoms. The van der Waals surface area contributed by atoms with Gasteiger partial charge in [-0.25, -0.2) is 0 Å². The van der Waals surface area contributed by atoms with Crippen LogP contribution in [0.3, 0.4) is 0 Å². The summed E-state index contributed by atoms with van der Waals surface area (Å²) in [5.74, 6) is 0.0282. The third kappa shape index (κ3) is 6.50. The summed E-state index contributed by atoms with van der Waals surface area (Å²) in [5, 5.41) is 6.06. The van der Waals surface area contributed by atoms with E-state index in [4.69, 9.17) is 0 Å². The largest absolute Gasteiger partial charge is 0.355 e. The standard InChI is InChI=1S/C13H28N2O2S/c1-5-8-11(14-4)12(7-3)18(17)10-13(16)15-9-6-2/h11-12,14H,5-10H2,1-4H3,(H,15,16). The number of carbonyl (C=O) groups excluding carboxylic acids is 1. The molecule has 108 valence electrons. The molecule has 0 radical (unpaired) electrons. The van der Waals surface area contributed by atoms with Gasteiger partial charge in [-0.15, -0.1) is 0 Å². The van der Waals surface area contributed by atoms with E-state index < -0.39 is 10.8 Å². The Balaban J connectivity index is 4.36. The number of rotatable bonds is 10. The quantitative estimate of drug-likeness (QED) is 0.634. The van der Waals surface area contributed by atoms with Crippen LogP contribution in [0.2, 0.25) is 0 Å². The molecule has 0 aromatic carbocycles. The van der Waals surface area contributed by atoms with Crippen molar-refractivity contribution in [3.63, 3.8) is 0 Å². The zero-order chi connectivity index (χ0) is 14.0. The molecule has 5 heteroatoms. The fourth-order valence-corrected chi connectivity index (χ4v) is 3.62. The molecule has 0 aliphatic heterocycles.